The molecule has 0 saturated carbocycles. The van der Waals surface area contributed by atoms with Crippen molar-refractivity contribution >= 4 is 17.0 Å². The lowest BCUT2D eigenvalue weighted by Crippen LogP contribution is -2.26. The minimum atomic E-state index is -1.28. The van der Waals surface area contributed by atoms with Crippen molar-refractivity contribution in [3.8, 4) is 0 Å². The standard InChI is InChI=1S/C10H10N2O3/c13-8(5-9(14)15)10-11-6-3-1-2-4-7(6)12-10/h1-4,8,13H,5H2,(H,11,12)(H,14,15)/t8-/m0/s1. The van der Waals surface area contributed by atoms with Crippen LogP contribution in [0.3, 0.4) is 0 Å². The number of rotatable bonds is 3. The lowest BCUT2D eigenvalue weighted by molar-refractivity contribution is -0.370. The van der Waals surface area contributed by atoms with Crippen LogP contribution < -0.4 is 10.1 Å². The number of benzene rings is 1. The van der Waals surface area contributed by atoms with E-state index in [4.69, 9.17) is 0 Å². The fourth-order valence-corrected chi connectivity index (χ4v) is 1.45. The van der Waals surface area contributed by atoms with Crippen LogP contribution in [0.5, 0.6) is 0 Å². The molecule has 0 aliphatic carbocycles. The number of aliphatic hydroxyl groups is 1. The quantitative estimate of drug-likeness (QED) is 0.685. The fourth-order valence-electron chi connectivity index (χ4n) is 1.45. The number of hydrogen-bond acceptors (Lipinski definition) is 3. The Bertz CT molecular complexity index is 459. The third-order valence-corrected chi connectivity index (χ3v) is 2.16. The molecule has 2 aromatic rings. The Morgan fingerprint density at radius 2 is 2.27 bits per heavy atom. The number of nitrogens with one attached hydrogen (secondary N) is 2. The van der Waals surface area contributed by atoms with Crippen molar-refractivity contribution in [2.45, 2.75) is 12.5 Å². The molecule has 0 radical (unpaired) electrons. The Labute approximate surface area is 85.4 Å². The molecule has 1 aromatic carbocycles. The predicted molar refractivity (Wildman–Crippen MR) is 49.4 cm³/mol. The summed E-state index contributed by atoms with van der Waals surface area (Å²) in [5, 5.41) is 19.8. The predicted octanol–water partition coefficient (Wildman–Crippen LogP) is -0.845. The zero-order valence-corrected chi connectivity index (χ0v) is 7.86. The van der Waals surface area contributed by atoms with E-state index in [0.29, 0.717) is 5.82 Å². The summed E-state index contributed by atoms with van der Waals surface area (Å²) in [4.78, 5) is 16.1. The molecule has 1 heterocycles. The van der Waals surface area contributed by atoms with Gasteiger partial charge in [0.2, 0.25) is 0 Å². The van der Waals surface area contributed by atoms with Crippen molar-refractivity contribution in [3.63, 3.8) is 0 Å². The van der Waals surface area contributed by atoms with Gasteiger partial charge in [-0.15, -0.1) is 0 Å². The maximum Gasteiger partial charge on any atom is 0.282 e. The maximum absolute atomic E-state index is 10.3. The SMILES string of the molecule is O=C([O-])C[C@H](O)c1[nH]c2ccccc2[nH+]1. The third kappa shape index (κ3) is 1.97. The van der Waals surface area contributed by atoms with E-state index in [2.05, 4.69) is 9.97 Å². The minimum Gasteiger partial charge on any atom is -0.550 e. The monoisotopic (exact) mass is 206 g/mol. The molecule has 1 atom stereocenters. The smallest absolute Gasteiger partial charge is 0.282 e. The molecule has 2 rings (SSSR count). The van der Waals surface area contributed by atoms with Crippen LogP contribution in [0.25, 0.3) is 11.0 Å². The summed E-state index contributed by atoms with van der Waals surface area (Å²) in [6.45, 7) is 0. The van der Waals surface area contributed by atoms with Crippen molar-refractivity contribution in [2.24, 2.45) is 0 Å². The van der Waals surface area contributed by atoms with Crippen LogP contribution in [0.2, 0.25) is 0 Å². The first kappa shape index (κ1) is 9.67. The zero-order valence-electron chi connectivity index (χ0n) is 7.86. The highest BCUT2D eigenvalue weighted by molar-refractivity contribution is 5.71. The van der Waals surface area contributed by atoms with Crippen LogP contribution in [0.4, 0.5) is 0 Å². The van der Waals surface area contributed by atoms with E-state index in [1.54, 1.807) is 0 Å². The van der Waals surface area contributed by atoms with E-state index >= 15 is 0 Å². The van der Waals surface area contributed by atoms with Crippen LogP contribution in [0, 0.1) is 0 Å². The molecule has 0 aliphatic rings. The number of imidazole rings is 1. The van der Waals surface area contributed by atoms with E-state index in [1.165, 1.54) is 0 Å². The summed E-state index contributed by atoms with van der Waals surface area (Å²) < 4.78 is 0. The average molecular weight is 206 g/mol. The normalized spacial score (nSPS) is 12.9. The number of hydrogen-bond donors (Lipinski definition) is 2. The molecular weight excluding hydrogens is 196 g/mol. The van der Waals surface area contributed by atoms with Gasteiger partial charge >= 0.3 is 0 Å². The van der Waals surface area contributed by atoms with Crippen LogP contribution in [-0.2, 0) is 4.79 Å². The van der Waals surface area contributed by atoms with Gasteiger partial charge in [-0.3, -0.25) is 0 Å². The molecule has 0 amide bonds. The molecule has 1 aromatic heterocycles. The Balaban J connectivity index is 2.32. The zero-order chi connectivity index (χ0) is 10.8. The summed E-state index contributed by atoms with van der Waals surface area (Å²) >= 11 is 0. The Morgan fingerprint density at radius 1 is 1.53 bits per heavy atom. The number of carbonyl (C=O) groups is 1. The van der Waals surface area contributed by atoms with Gasteiger partial charge in [-0.25, -0.2) is 9.97 Å². The van der Waals surface area contributed by atoms with E-state index in [0.717, 1.165) is 11.0 Å². The number of fused-ring (bicyclic) bond motifs is 1. The molecule has 0 saturated heterocycles. The summed E-state index contributed by atoms with van der Waals surface area (Å²) in [6, 6.07) is 7.37. The van der Waals surface area contributed by atoms with Gasteiger partial charge in [0.05, 0.1) is 0 Å². The highest BCUT2D eigenvalue weighted by atomic mass is 16.4. The third-order valence-electron chi connectivity index (χ3n) is 2.16. The number of para-hydroxylation sites is 2. The summed E-state index contributed by atoms with van der Waals surface area (Å²) in [5.41, 5.74) is 1.65. The van der Waals surface area contributed by atoms with E-state index in [9.17, 15) is 15.0 Å². The molecule has 78 valence electrons. The lowest BCUT2D eigenvalue weighted by atomic mass is 10.2. The largest absolute Gasteiger partial charge is 0.550 e. The second-order valence-electron chi connectivity index (χ2n) is 3.30. The number of carboxylic acids is 1. The number of carbonyl (C=O) groups excluding carboxylic acids is 1. The highest BCUT2D eigenvalue weighted by Gasteiger charge is 2.18. The number of aromatic nitrogens is 2. The van der Waals surface area contributed by atoms with Gasteiger partial charge in [-0.1, -0.05) is 12.1 Å². The van der Waals surface area contributed by atoms with Crippen molar-refractivity contribution in [2.75, 3.05) is 0 Å². The topological polar surface area (TPSA) is 90.3 Å². The van der Waals surface area contributed by atoms with Gasteiger partial charge in [-0.2, -0.15) is 0 Å². The number of aromatic amines is 2. The summed E-state index contributed by atoms with van der Waals surface area (Å²) in [5.74, 6) is -0.907. The van der Waals surface area contributed by atoms with Crippen molar-refractivity contribution in [1.82, 2.24) is 4.98 Å². The Kier molecular flexibility index (Phi) is 2.39. The summed E-state index contributed by atoms with van der Waals surface area (Å²) in [7, 11) is 0. The van der Waals surface area contributed by atoms with Gasteiger partial charge < -0.3 is 15.0 Å². The molecule has 0 bridgehead atoms. The first-order chi connectivity index (χ1) is 7.16. The van der Waals surface area contributed by atoms with Gasteiger partial charge in [0.1, 0.15) is 0 Å². The number of H-pyrrole nitrogens is 2. The van der Waals surface area contributed by atoms with Gasteiger partial charge in [0.15, 0.2) is 17.1 Å². The highest BCUT2D eigenvalue weighted by Crippen LogP contribution is 2.13. The van der Waals surface area contributed by atoms with Gasteiger partial charge in [-0.05, 0) is 12.1 Å². The first-order valence-corrected chi connectivity index (χ1v) is 4.54. The number of carboxylic acid groups (broad SMARTS) is 1. The number of aliphatic carboxylic acids is 1. The number of aliphatic hydroxyl groups excluding tert-OH is 1. The minimum absolute atomic E-state index is 0.375. The maximum atomic E-state index is 10.3. The Morgan fingerprint density at radius 3 is 2.93 bits per heavy atom. The molecule has 3 N–H and O–H groups in total. The summed E-state index contributed by atoms with van der Waals surface area (Å²) in [6.07, 6.45) is -1.52. The Hall–Kier alpha value is -1.88. The first-order valence-electron chi connectivity index (χ1n) is 4.54. The second kappa shape index (κ2) is 3.70. The molecule has 0 unspecified atom stereocenters. The molecule has 5 nitrogen and oxygen atoms in total. The molecule has 0 aliphatic heterocycles. The van der Waals surface area contributed by atoms with Gasteiger partial charge in [0, 0.05) is 12.4 Å². The van der Waals surface area contributed by atoms with Crippen molar-refractivity contribution in [1.29, 1.82) is 0 Å². The van der Waals surface area contributed by atoms with E-state index < -0.39 is 18.5 Å². The molecule has 15 heavy (non-hydrogen) atoms. The second-order valence-corrected chi connectivity index (χ2v) is 3.30. The molecule has 0 spiro atoms. The van der Waals surface area contributed by atoms with Crippen LogP contribution in [0.1, 0.15) is 18.3 Å². The van der Waals surface area contributed by atoms with E-state index in [-0.39, 0.29) is 0 Å². The van der Waals surface area contributed by atoms with Crippen molar-refractivity contribution < 1.29 is 20.0 Å². The van der Waals surface area contributed by atoms with Crippen LogP contribution in [0.15, 0.2) is 24.3 Å². The van der Waals surface area contributed by atoms with Crippen molar-refractivity contribution in [3.05, 3.63) is 30.1 Å². The average Bonchev–Trinajstić information content (AvgIpc) is 2.59. The molecular formula is C10H10N2O3. The molecule has 5 heteroatoms. The van der Waals surface area contributed by atoms with E-state index in [1.807, 2.05) is 24.3 Å². The molecule has 0 fully saturated rings. The van der Waals surface area contributed by atoms with Gasteiger partial charge in [0.25, 0.3) is 5.82 Å². The lowest BCUT2D eigenvalue weighted by Gasteiger charge is -2.03. The van der Waals surface area contributed by atoms with Crippen LogP contribution >= 0.6 is 0 Å². The fraction of sp³-hybridized carbons (Fsp3) is 0.200. The van der Waals surface area contributed by atoms with Crippen LogP contribution in [-0.4, -0.2) is 16.1 Å².